The molecule has 0 radical (unpaired) electrons. The van der Waals surface area contributed by atoms with E-state index in [1.165, 1.54) is 42.7 Å². The highest BCUT2D eigenvalue weighted by Crippen LogP contribution is 2.27. The number of anilines is 2. The van der Waals surface area contributed by atoms with Crippen LogP contribution in [0.15, 0.2) is 87.5 Å². The van der Waals surface area contributed by atoms with Crippen LogP contribution in [0, 0.1) is 19.7 Å². The Labute approximate surface area is 239 Å². The van der Waals surface area contributed by atoms with Gasteiger partial charge in [0.1, 0.15) is 23.2 Å². The highest BCUT2D eigenvalue weighted by atomic mass is 32.2. The monoisotopic (exact) mass is 593 g/mol. The maximum absolute atomic E-state index is 14.5. The first-order chi connectivity index (χ1) is 19.7. The molecule has 14 heteroatoms. The first kappa shape index (κ1) is 28.0. The fraction of sp³-hybridized carbons (Fsp3) is 0.148. The van der Waals surface area contributed by atoms with Crippen molar-refractivity contribution in [3.05, 3.63) is 96.1 Å². The number of hydrogen-bond donors (Lipinski definition) is 2. The van der Waals surface area contributed by atoms with Crippen LogP contribution in [0.4, 0.5) is 15.9 Å². The second-order valence-electron chi connectivity index (χ2n) is 8.86. The molecular formula is C27H24FN7O4S2. The number of sulfonamides is 1. The molecule has 0 fully saturated rings. The molecule has 3 aromatic heterocycles. The van der Waals surface area contributed by atoms with Crippen molar-refractivity contribution in [3.63, 3.8) is 0 Å². The van der Waals surface area contributed by atoms with Gasteiger partial charge in [-0.25, -0.2) is 22.8 Å². The molecule has 2 N–H and O–H groups in total. The summed E-state index contributed by atoms with van der Waals surface area (Å²) in [5.74, 6) is 0.710. The summed E-state index contributed by atoms with van der Waals surface area (Å²) in [6, 6.07) is 17.0. The van der Waals surface area contributed by atoms with E-state index in [1.54, 1.807) is 48.7 Å². The van der Waals surface area contributed by atoms with Gasteiger partial charge in [0.2, 0.25) is 5.91 Å². The zero-order chi connectivity index (χ0) is 29.0. The Morgan fingerprint density at radius 2 is 1.80 bits per heavy atom. The number of aryl methyl sites for hydroxylation is 2. The van der Waals surface area contributed by atoms with Crippen molar-refractivity contribution in [2.24, 2.45) is 0 Å². The number of rotatable bonds is 10. The molecule has 0 aliphatic rings. The van der Waals surface area contributed by atoms with Gasteiger partial charge in [-0.2, -0.15) is 0 Å². The number of furan rings is 1. The second-order valence-corrected chi connectivity index (χ2v) is 11.5. The minimum Gasteiger partial charge on any atom is -0.467 e. The molecule has 0 unspecified atom stereocenters. The SMILES string of the molecule is Cc1cc(NS(=O)(=O)c2ccc(NC(=O)CSc3nnc(-c4ccccc4F)n3Cc3ccco3)cc2)nc(C)n1. The third-order valence-corrected chi connectivity index (χ3v) is 8.05. The fourth-order valence-electron chi connectivity index (χ4n) is 3.95. The zero-order valence-corrected chi connectivity index (χ0v) is 23.5. The molecular weight excluding hydrogens is 569 g/mol. The molecule has 5 aromatic rings. The normalized spacial score (nSPS) is 11.4. The number of benzene rings is 2. The summed E-state index contributed by atoms with van der Waals surface area (Å²) in [5, 5.41) is 11.5. The van der Waals surface area contributed by atoms with Gasteiger partial charge in [-0.15, -0.1) is 10.2 Å². The number of hydrogen-bond acceptors (Lipinski definition) is 9. The van der Waals surface area contributed by atoms with E-state index in [0.29, 0.717) is 33.9 Å². The van der Waals surface area contributed by atoms with Gasteiger partial charge in [0, 0.05) is 17.4 Å². The summed E-state index contributed by atoms with van der Waals surface area (Å²) in [4.78, 5) is 21.0. The van der Waals surface area contributed by atoms with Crippen molar-refractivity contribution in [2.75, 3.05) is 15.8 Å². The molecule has 0 saturated carbocycles. The third kappa shape index (κ3) is 6.78. The Kier molecular flexibility index (Phi) is 8.12. The number of aromatic nitrogens is 5. The Balaban J connectivity index is 1.25. The van der Waals surface area contributed by atoms with Crippen LogP contribution in [-0.2, 0) is 21.4 Å². The number of amides is 1. The third-order valence-electron chi connectivity index (χ3n) is 5.71. The molecule has 1 amide bonds. The van der Waals surface area contributed by atoms with Gasteiger partial charge >= 0.3 is 0 Å². The maximum Gasteiger partial charge on any atom is 0.263 e. The zero-order valence-electron chi connectivity index (χ0n) is 21.9. The predicted molar refractivity (Wildman–Crippen MR) is 151 cm³/mol. The van der Waals surface area contributed by atoms with Crippen LogP contribution >= 0.6 is 11.8 Å². The molecule has 0 spiro atoms. The first-order valence-electron chi connectivity index (χ1n) is 12.3. The maximum atomic E-state index is 14.5. The van der Waals surface area contributed by atoms with E-state index in [0.717, 1.165) is 11.8 Å². The smallest absolute Gasteiger partial charge is 0.263 e. The van der Waals surface area contributed by atoms with E-state index in [-0.39, 0.29) is 34.5 Å². The summed E-state index contributed by atoms with van der Waals surface area (Å²) in [6.07, 6.45) is 1.53. The van der Waals surface area contributed by atoms with Crippen LogP contribution in [0.5, 0.6) is 0 Å². The topological polar surface area (TPSA) is 145 Å². The van der Waals surface area contributed by atoms with Crippen LogP contribution in [0.2, 0.25) is 0 Å². The molecule has 2 aromatic carbocycles. The molecule has 0 bridgehead atoms. The van der Waals surface area contributed by atoms with Gasteiger partial charge in [-0.1, -0.05) is 23.9 Å². The highest BCUT2D eigenvalue weighted by Gasteiger charge is 2.20. The van der Waals surface area contributed by atoms with Crippen LogP contribution in [0.1, 0.15) is 17.3 Å². The minimum atomic E-state index is -3.90. The summed E-state index contributed by atoms with van der Waals surface area (Å²) in [6.45, 7) is 3.66. The summed E-state index contributed by atoms with van der Waals surface area (Å²) in [7, 11) is -3.90. The highest BCUT2D eigenvalue weighted by molar-refractivity contribution is 7.99. The molecule has 210 valence electrons. The number of carbonyl (C=O) groups excluding carboxylic acids is 1. The van der Waals surface area contributed by atoms with E-state index in [2.05, 4.69) is 30.2 Å². The van der Waals surface area contributed by atoms with Crippen molar-refractivity contribution in [1.82, 2.24) is 24.7 Å². The van der Waals surface area contributed by atoms with E-state index >= 15 is 0 Å². The van der Waals surface area contributed by atoms with Gasteiger partial charge in [-0.05, 0) is 62.4 Å². The van der Waals surface area contributed by atoms with Crippen LogP contribution in [-0.4, -0.2) is 44.8 Å². The van der Waals surface area contributed by atoms with Crippen molar-refractivity contribution in [3.8, 4) is 11.4 Å². The average molecular weight is 594 g/mol. The Morgan fingerprint density at radius 1 is 1.02 bits per heavy atom. The predicted octanol–water partition coefficient (Wildman–Crippen LogP) is 4.66. The molecule has 0 saturated heterocycles. The number of carbonyl (C=O) groups is 1. The number of nitrogens with zero attached hydrogens (tertiary/aromatic N) is 5. The van der Waals surface area contributed by atoms with Crippen molar-refractivity contribution < 1.29 is 22.0 Å². The van der Waals surface area contributed by atoms with Crippen LogP contribution < -0.4 is 10.0 Å². The number of halogens is 1. The lowest BCUT2D eigenvalue weighted by Gasteiger charge is -2.10. The van der Waals surface area contributed by atoms with Gasteiger partial charge in [-0.3, -0.25) is 14.1 Å². The lowest BCUT2D eigenvalue weighted by atomic mass is 10.2. The number of thioether (sulfide) groups is 1. The van der Waals surface area contributed by atoms with E-state index < -0.39 is 15.8 Å². The molecule has 11 nitrogen and oxygen atoms in total. The lowest BCUT2D eigenvalue weighted by molar-refractivity contribution is -0.113. The lowest BCUT2D eigenvalue weighted by Crippen LogP contribution is -2.16. The van der Waals surface area contributed by atoms with E-state index in [1.807, 2.05) is 0 Å². The van der Waals surface area contributed by atoms with E-state index in [4.69, 9.17) is 4.42 Å². The molecule has 0 atom stereocenters. The molecule has 5 rings (SSSR count). The Bertz CT molecular complexity index is 1770. The van der Waals surface area contributed by atoms with Gasteiger partial charge < -0.3 is 9.73 Å². The van der Waals surface area contributed by atoms with Gasteiger partial charge in [0.15, 0.2) is 11.0 Å². The van der Waals surface area contributed by atoms with Crippen molar-refractivity contribution in [1.29, 1.82) is 0 Å². The summed E-state index contributed by atoms with van der Waals surface area (Å²) >= 11 is 1.12. The van der Waals surface area contributed by atoms with E-state index in [9.17, 15) is 17.6 Å². The molecule has 0 aliphatic heterocycles. The first-order valence-corrected chi connectivity index (χ1v) is 14.7. The van der Waals surface area contributed by atoms with Gasteiger partial charge in [0.05, 0.1) is 29.0 Å². The van der Waals surface area contributed by atoms with Gasteiger partial charge in [0.25, 0.3) is 10.0 Å². The fourth-order valence-corrected chi connectivity index (χ4v) is 5.68. The molecule has 41 heavy (non-hydrogen) atoms. The largest absolute Gasteiger partial charge is 0.467 e. The quantitative estimate of drug-likeness (QED) is 0.221. The number of nitrogens with one attached hydrogen (secondary N) is 2. The van der Waals surface area contributed by atoms with Crippen LogP contribution in [0.3, 0.4) is 0 Å². The second kappa shape index (κ2) is 11.9. The summed E-state index contributed by atoms with van der Waals surface area (Å²) in [5.41, 5.74) is 1.32. The van der Waals surface area contributed by atoms with Crippen LogP contribution in [0.25, 0.3) is 11.4 Å². The molecule has 0 aliphatic carbocycles. The Hall–Kier alpha value is -4.56. The van der Waals surface area contributed by atoms with Crippen molar-refractivity contribution >= 4 is 39.2 Å². The molecule has 3 heterocycles. The minimum absolute atomic E-state index is 0.00509. The standard InChI is InChI=1S/C27H24FN7O4S2/c1-17-14-24(30-18(2)29-17)34-41(37,38)21-11-9-19(10-12-21)31-25(36)16-40-27-33-32-26(22-7-3-4-8-23(22)28)35(27)15-20-6-5-13-39-20/h3-14H,15-16H2,1-2H3,(H,31,36)(H,29,30,34). The average Bonchev–Trinajstić information content (AvgIpc) is 3.58. The summed E-state index contributed by atoms with van der Waals surface area (Å²) < 4.78 is 49.7. The Morgan fingerprint density at radius 3 is 2.51 bits per heavy atom. The van der Waals surface area contributed by atoms with Crippen molar-refractivity contribution in [2.45, 2.75) is 30.4 Å².